The predicted molar refractivity (Wildman–Crippen MR) is 154 cm³/mol. The number of allylic oxidation sites excluding steroid dienone is 2. The summed E-state index contributed by atoms with van der Waals surface area (Å²) in [7, 11) is 2.96. The van der Waals surface area contributed by atoms with E-state index in [9.17, 15) is 5.11 Å². The van der Waals surface area contributed by atoms with Crippen molar-refractivity contribution >= 4 is 15.0 Å². The summed E-state index contributed by atoms with van der Waals surface area (Å²) in [4.78, 5) is 10.5. The highest BCUT2D eigenvalue weighted by atomic mass is 31.0. The largest absolute Gasteiger partial charge is 0.508 e. The molecule has 6 heteroatoms. The molecule has 2 heterocycles. The second-order valence-electron chi connectivity index (χ2n) is 12.3. The number of aliphatic imine (C=N–C) groups is 1. The number of nitrogens with two attached hydrogens (primary N) is 1. The van der Waals surface area contributed by atoms with Crippen LogP contribution < -0.4 is 5.73 Å². The highest BCUT2D eigenvalue weighted by molar-refractivity contribution is 7.16. The number of rotatable bonds is 7. The van der Waals surface area contributed by atoms with Gasteiger partial charge in [-0.25, -0.2) is 0 Å². The molecule has 1 spiro atoms. The summed E-state index contributed by atoms with van der Waals surface area (Å²) in [5.74, 6) is 2.34. The fourth-order valence-electron chi connectivity index (χ4n) is 9.56. The molecule has 1 saturated carbocycles. The lowest BCUT2D eigenvalue weighted by molar-refractivity contribution is -0.0842. The molecule has 0 bridgehead atoms. The number of phenolic OH excluding ortho intramolecular Hbond substituents is 1. The quantitative estimate of drug-likeness (QED) is 0.409. The molecule has 2 aliphatic heterocycles. The van der Waals surface area contributed by atoms with E-state index in [2.05, 4.69) is 58.9 Å². The van der Waals surface area contributed by atoms with Gasteiger partial charge in [0.2, 0.25) is 0 Å². The summed E-state index contributed by atoms with van der Waals surface area (Å²) >= 11 is 0. The van der Waals surface area contributed by atoms with E-state index < -0.39 is 0 Å². The molecule has 0 radical (unpaired) electrons. The molecule has 3 N–H and O–H groups in total. The highest BCUT2D eigenvalue weighted by Gasteiger charge is 2.74. The molecule has 36 heavy (non-hydrogen) atoms. The average molecular weight is 511 g/mol. The predicted octanol–water partition coefficient (Wildman–Crippen LogP) is 4.79. The van der Waals surface area contributed by atoms with Crippen molar-refractivity contribution < 1.29 is 5.11 Å². The lowest BCUT2D eigenvalue weighted by Gasteiger charge is -2.61. The molecule has 1 aromatic carbocycles. The molecule has 7 unspecified atom stereocenters. The van der Waals surface area contributed by atoms with Crippen molar-refractivity contribution in [2.45, 2.75) is 77.9 Å². The molecular weight excluding hydrogens is 463 g/mol. The van der Waals surface area contributed by atoms with Gasteiger partial charge in [0, 0.05) is 49.0 Å². The van der Waals surface area contributed by atoms with Crippen molar-refractivity contribution in [3.63, 3.8) is 0 Å². The van der Waals surface area contributed by atoms with Gasteiger partial charge >= 0.3 is 0 Å². The van der Waals surface area contributed by atoms with Crippen LogP contribution in [-0.2, 0) is 11.8 Å². The van der Waals surface area contributed by atoms with Crippen LogP contribution >= 0.6 is 9.24 Å². The first kappa shape index (κ1) is 26.2. The lowest BCUT2D eigenvalue weighted by Crippen LogP contribution is -2.66. The molecule has 1 aromatic rings. The van der Waals surface area contributed by atoms with Gasteiger partial charge in [0.25, 0.3) is 0 Å². The third kappa shape index (κ3) is 3.79. The van der Waals surface area contributed by atoms with Crippen LogP contribution in [0.15, 0.2) is 35.0 Å². The van der Waals surface area contributed by atoms with Gasteiger partial charge in [-0.1, -0.05) is 19.4 Å². The van der Waals surface area contributed by atoms with Crippen molar-refractivity contribution in [2.75, 3.05) is 32.3 Å². The number of phenols is 1. The Hall–Kier alpha value is -1.42. The van der Waals surface area contributed by atoms with Crippen LogP contribution in [0.4, 0.5) is 0 Å². The second-order valence-corrected chi connectivity index (χ2v) is 12.9. The van der Waals surface area contributed by atoms with Gasteiger partial charge in [-0.05, 0) is 106 Å². The first-order valence-corrected chi connectivity index (χ1v) is 15.0. The maximum Gasteiger partial charge on any atom is 0.115 e. The summed E-state index contributed by atoms with van der Waals surface area (Å²) in [6, 6.07) is 6.87. The molecule has 3 fully saturated rings. The van der Waals surface area contributed by atoms with Crippen LogP contribution in [0.1, 0.15) is 65.0 Å². The van der Waals surface area contributed by atoms with Gasteiger partial charge in [0.15, 0.2) is 0 Å². The number of piperidine rings is 1. The van der Waals surface area contributed by atoms with Gasteiger partial charge in [0.05, 0.1) is 6.17 Å². The molecular formula is C30H47N4OP. The van der Waals surface area contributed by atoms with E-state index in [1.807, 2.05) is 19.1 Å². The van der Waals surface area contributed by atoms with Gasteiger partial charge in [-0.15, -0.1) is 9.24 Å². The molecule has 8 atom stereocenters. The topological polar surface area (TPSA) is 65.1 Å². The zero-order valence-electron chi connectivity index (χ0n) is 23.0. The van der Waals surface area contributed by atoms with E-state index in [1.165, 1.54) is 36.9 Å². The fraction of sp³-hybridized carbons (Fsp3) is 0.700. The molecule has 4 aliphatic rings. The van der Waals surface area contributed by atoms with E-state index in [1.54, 1.807) is 0 Å². The standard InChI is InChI=1S/C30H47N4OP/c1-6-9-29-15-24-16-34(22(5)32-20(3)12-19(2)31)18-28(24)30(29)25(17-33(10-11-36)21(29)4)13-23-7-8-26(35)14-27(23)30/h7-8,12,14,21-22,24-25,28,35H,6,9-11,13,15-18,31,36H2,1-5H3/b19-12-,32-20?/t21?,22?,24-,25?,28?,29?,30?/m1/s1. The van der Waals surface area contributed by atoms with Crippen LogP contribution in [0.3, 0.4) is 0 Å². The minimum absolute atomic E-state index is 0.138. The monoisotopic (exact) mass is 510 g/mol. The molecule has 0 aromatic heterocycles. The third-order valence-corrected chi connectivity index (χ3v) is 10.7. The molecule has 0 amide bonds. The molecule has 5 rings (SSSR count). The van der Waals surface area contributed by atoms with E-state index >= 15 is 0 Å². The minimum atomic E-state index is 0.138. The van der Waals surface area contributed by atoms with E-state index in [4.69, 9.17) is 10.7 Å². The first-order chi connectivity index (χ1) is 17.2. The maximum atomic E-state index is 10.7. The van der Waals surface area contributed by atoms with Gasteiger partial charge in [-0.3, -0.25) is 14.8 Å². The summed E-state index contributed by atoms with van der Waals surface area (Å²) < 4.78 is 0. The van der Waals surface area contributed by atoms with Crippen molar-refractivity contribution in [3.8, 4) is 5.75 Å². The molecule has 2 aliphatic carbocycles. The normalized spacial score (nSPS) is 37.5. The summed E-state index contributed by atoms with van der Waals surface area (Å²) in [5.41, 5.74) is 11.1. The smallest absolute Gasteiger partial charge is 0.115 e. The minimum Gasteiger partial charge on any atom is -0.508 e. The Balaban J connectivity index is 1.59. The summed E-state index contributed by atoms with van der Waals surface area (Å²) in [5, 5.41) is 10.7. The number of nitrogens with zero attached hydrogens (tertiary/aromatic N) is 3. The molecule has 2 saturated heterocycles. The van der Waals surface area contributed by atoms with E-state index in [0.29, 0.717) is 29.5 Å². The van der Waals surface area contributed by atoms with Crippen LogP contribution in [0.25, 0.3) is 0 Å². The lowest BCUT2D eigenvalue weighted by atomic mass is 9.49. The number of aromatic hydroxyl groups is 1. The molecule has 198 valence electrons. The number of hydrogen-bond donors (Lipinski definition) is 2. The Morgan fingerprint density at radius 1 is 1.31 bits per heavy atom. The second kappa shape index (κ2) is 9.71. The van der Waals surface area contributed by atoms with Crippen molar-refractivity contribution in [1.29, 1.82) is 0 Å². The van der Waals surface area contributed by atoms with Crippen LogP contribution in [0, 0.1) is 23.2 Å². The zero-order valence-corrected chi connectivity index (χ0v) is 24.2. The third-order valence-electron chi connectivity index (χ3n) is 10.4. The van der Waals surface area contributed by atoms with Gasteiger partial charge < -0.3 is 10.8 Å². The van der Waals surface area contributed by atoms with Gasteiger partial charge in [-0.2, -0.15) is 0 Å². The van der Waals surface area contributed by atoms with Gasteiger partial charge in [0.1, 0.15) is 5.75 Å². The van der Waals surface area contributed by atoms with Crippen LogP contribution in [-0.4, -0.2) is 65.2 Å². The highest BCUT2D eigenvalue weighted by Crippen LogP contribution is 2.73. The van der Waals surface area contributed by atoms with E-state index in [-0.39, 0.29) is 17.0 Å². The number of benzene rings is 1. The van der Waals surface area contributed by atoms with Crippen LogP contribution in [0.2, 0.25) is 0 Å². The summed E-state index contributed by atoms with van der Waals surface area (Å²) in [6.45, 7) is 15.7. The number of hydrogen-bond acceptors (Lipinski definition) is 5. The maximum absolute atomic E-state index is 10.7. The Labute approximate surface area is 220 Å². The van der Waals surface area contributed by atoms with Crippen molar-refractivity contribution in [2.24, 2.45) is 33.9 Å². The summed E-state index contributed by atoms with van der Waals surface area (Å²) in [6.07, 6.45) is 8.20. The zero-order chi connectivity index (χ0) is 25.8. The first-order valence-electron chi connectivity index (χ1n) is 14.2. The Morgan fingerprint density at radius 2 is 2.08 bits per heavy atom. The van der Waals surface area contributed by atoms with Crippen LogP contribution in [0.5, 0.6) is 5.75 Å². The Morgan fingerprint density at radius 3 is 2.78 bits per heavy atom. The fourth-order valence-corrected chi connectivity index (χ4v) is 9.89. The van der Waals surface area contributed by atoms with E-state index in [0.717, 1.165) is 43.6 Å². The van der Waals surface area contributed by atoms with Crippen molar-refractivity contribution in [3.05, 3.63) is 41.1 Å². The Kier molecular flexibility index (Phi) is 7.07. The van der Waals surface area contributed by atoms with Crippen molar-refractivity contribution in [1.82, 2.24) is 9.80 Å². The SMILES string of the molecule is CCCC12C[C@@H]3CN(C(C)N=C(C)/C=C(/C)N)CC3C13c1cc(O)ccc1CC3CN(CCP)C2C. The number of fused-ring (bicyclic) bond motifs is 2. The molecule has 5 nitrogen and oxygen atoms in total. The number of likely N-dealkylation sites (tertiary alicyclic amines) is 2. The Bertz CT molecular complexity index is 1050. The average Bonchev–Trinajstić information content (AvgIpc) is 3.44.